The van der Waals surface area contributed by atoms with Crippen molar-refractivity contribution in [3.8, 4) is 0 Å². The molecular weight excluding hydrogens is 1040 g/mol. The van der Waals surface area contributed by atoms with Crippen LogP contribution >= 0.6 is 0 Å². The highest BCUT2D eigenvalue weighted by Crippen LogP contribution is 2.20. The molecule has 0 aromatic heterocycles. The SMILES string of the molecule is CCCCCC/C=C\CCCCCCCC(=O)OCCCCCCCCCCCCCC/C=C\CCCCCCCCCCCCCCCCC(=O)NC(CO)C(O)CCCCCCCCCCCCCCCCCCCCCCCCCCC. The minimum Gasteiger partial charge on any atom is -0.466 e. The molecule has 0 saturated carbocycles. The van der Waals surface area contributed by atoms with E-state index < -0.39 is 12.1 Å². The first-order valence-electron chi connectivity index (χ1n) is 39.1. The van der Waals surface area contributed by atoms with Crippen LogP contribution in [-0.2, 0) is 14.3 Å². The van der Waals surface area contributed by atoms with Gasteiger partial charge >= 0.3 is 5.97 Å². The first-order valence-corrected chi connectivity index (χ1v) is 39.1. The molecule has 6 nitrogen and oxygen atoms in total. The third-order valence-electron chi connectivity index (χ3n) is 18.5. The topological polar surface area (TPSA) is 95.9 Å². The Kier molecular flexibility index (Phi) is 73.3. The van der Waals surface area contributed by atoms with E-state index in [1.165, 1.54) is 366 Å². The number of allylic oxidation sites excluding steroid dienone is 4. The number of esters is 1. The van der Waals surface area contributed by atoms with E-state index in [-0.39, 0.29) is 18.5 Å². The molecular formula is C79H153NO5. The van der Waals surface area contributed by atoms with E-state index in [4.69, 9.17) is 4.74 Å². The summed E-state index contributed by atoms with van der Waals surface area (Å²) in [6.07, 6.45) is 95.5. The summed E-state index contributed by atoms with van der Waals surface area (Å²) < 4.78 is 5.48. The molecule has 0 aliphatic heterocycles. The largest absolute Gasteiger partial charge is 0.466 e. The van der Waals surface area contributed by atoms with Crippen LogP contribution in [0.15, 0.2) is 24.3 Å². The third-order valence-corrected chi connectivity index (χ3v) is 18.5. The van der Waals surface area contributed by atoms with Crippen LogP contribution in [0.5, 0.6) is 0 Å². The first kappa shape index (κ1) is 83.3. The van der Waals surface area contributed by atoms with Gasteiger partial charge < -0.3 is 20.3 Å². The van der Waals surface area contributed by atoms with Gasteiger partial charge in [-0.2, -0.15) is 0 Å². The molecule has 0 bridgehead atoms. The lowest BCUT2D eigenvalue weighted by atomic mass is 10.0. The molecule has 0 heterocycles. The Labute approximate surface area is 532 Å². The van der Waals surface area contributed by atoms with Gasteiger partial charge in [0, 0.05) is 12.8 Å². The van der Waals surface area contributed by atoms with E-state index in [2.05, 4.69) is 43.5 Å². The van der Waals surface area contributed by atoms with Gasteiger partial charge in [-0.25, -0.2) is 0 Å². The number of rotatable bonds is 74. The number of carbonyl (C=O) groups excluding carboxylic acids is 2. The molecule has 3 N–H and O–H groups in total. The molecule has 85 heavy (non-hydrogen) atoms. The smallest absolute Gasteiger partial charge is 0.305 e. The van der Waals surface area contributed by atoms with Crippen molar-refractivity contribution in [3.05, 3.63) is 24.3 Å². The highest BCUT2D eigenvalue weighted by molar-refractivity contribution is 5.76. The molecule has 0 fully saturated rings. The van der Waals surface area contributed by atoms with Crippen molar-refractivity contribution >= 4 is 11.9 Å². The van der Waals surface area contributed by atoms with E-state index in [0.717, 1.165) is 44.9 Å². The Balaban J connectivity index is 3.37. The lowest BCUT2D eigenvalue weighted by Gasteiger charge is -2.22. The number of hydrogen-bond donors (Lipinski definition) is 3. The summed E-state index contributed by atoms with van der Waals surface area (Å²) in [5.41, 5.74) is 0. The van der Waals surface area contributed by atoms with Crippen LogP contribution in [0.25, 0.3) is 0 Å². The Morgan fingerprint density at radius 3 is 0.847 bits per heavy atom. The highest BCUT2D eigenvalue weighted by atomic mass is 16.5. The number of amides is 1. The Morgan fingerprint density at radius 1 is 0.318 bits per heavy atom. The summed E-state index contributed by atoms with van der Waals surface area (Å²) in [7, 11) is 0. The van der Waals surface area contributed by atoms with Gasteiger partial charge in [0.1, 0.15) is 0 Å². The number of hydrogen-bond acceptors (Lipinski definition) is 5. The minimum absolute atomic E-state index is 0.00878. The number of aliphatic hydroxyl groups is 2. The lowest BCUT2D eigenvalue weighted by Crippen LogP contribution is -2.45. The van der Waals surface area contributed by atoms with E-state index in [1.807, 2.05) is 0 Å². The van der Waals surface area contributed by atoms with Gasteiger partial charge in [0.25, 0.3) is 0 Å². The number of unbranched alkanes of at least 4 members (excludes halogenated alkanes) is 59. The molecule has 1 amide bonds. The van der Waals surface area contributed by atoms with Gasteiger partial charge in [0.05, 0.1) is 25.4 Å². The van der Waals surface area contributed by atoms with Crippen molar-refractivity contribution in [2.45, 2.75) is 456 Å². The molecule has 0 aliphatic carbocycles. The predicted octanol–water partition coefficient (Wildman–Crippen LogP) is 25.7. The normalized spacial score (nSPS) is 12.6. The molecule has 0 radical (unpaired) electrons. The third kappa shape index (κ3) is 71.3. The fraction of sp³-hybridized carbons (Fsp3) is 0.924. The summed E-state index contributed by atoms with van der Waals surface area (Å²) >= 11 is 0. The summed E-state index contributed by atoms with van der Waals surface area (Å²) in [5.74, 6) is -0.0190. The Bertz CT molecular complexity index is 1330. The van der Waals surface area contributed by atoms with Crippen molar-refractivity contribution in [3.63, 3.8) is 0 Å². The second kappa shape index (κ2) is 74.8. The van der Waals surface area contributed by atoms with Crippen LogP contribution in [-0.4, -0.2) is 47.4 Å². The number of carbonyl (C=O) groups is 2. The molecule has 0 aliphatic rings. The summed E-state index contributed by atoms with van der Waals surface area (Å²) in [5, 5.41) is 23.5. The molecule has 0 rings (SSSR count). The van der Waals surface area contributed by atoms with Crippen LogP contribution in [0.2, 0.25) is 0 Å². The van der Waals surface area contributed by atoms with Crippen LogP contribution in [0.4, 0.5) is 0 Å². The fourth-order valence-electron chi connectivity index (χ4n) is 12.5. The van der Waals surface area contributed by atoms with E-state index >= 15 is 0 Å². The average Bonchev–Trinajstić information content (AvgIpc) is 3.51. The van der Waals surface area contributed by atoms with E-state index in [1.54, 1.807) is 0 Å². The van der Waals surface area contributed by atoms with Crippen molar-refractivity contribution in [1.29, 1.82) is 0 Å². The first-order chi connectivity index (χ1) is 42.0. The van der Waals surface area contributed by atoms with Gasteiger partial charge in [-0.05, 0) is 77.0 Å². The zero-order chi connectivity index (χ0) is 61.3. The molecule has 0 aromatic carbocycles. The van der Waals surface area contributed by atoms with Crippen molar-refractivity contribution in [1.82, 2.24) is 5.32 Å². The summed E-state index contributed by atoms with van der Waals surface area (Å²) in [4.78, 5) is 24.6. The molecule has 2 unspecified atom stereocenters. The van der Waals surface area contributed by atoms with E-state index in [0.29, 0.717) is 25.9 Å². The van der Waals surface area contributed by atoms with Gasteiger partial charge in [0.15, 0.2) is 0 Å². The summed E-state index contributed by atoms with van der Waals surface area (Å²) in [6, 6.07) is -0.542. The molecule has 6 heteroatoms. The van der Waals surface area contributed by atoms with Crippen molar-refractivity contribution in [2.24, 2.45) is 0 Å². The fourth-order valence-corrected chi connectivity index (χ4v) is 12.5. The highest BCUT2D eigenvalue weighted by Gasteiger charge is 2.20. The van der Waals surface area contributed by atoms with Crippen LogP contribution < -0.4 is 5.32 Å². The Hall–Kier alpha value is -1.66. The van der Waals surface area contributed by atoms with Crippen LogP contribution in [0.3, 0.4) is 0 Å². The lowest BCUT2D eigenvalue weighted by molar-refractivity contribution is -0.143. The molecule has 2 atom stereocenters. The zero-order valence-corrected chi connectivity index (χ0v) is 57.9. The van der Waals surface area contributed by atoms with Gasteiger partial charge in [-0.15, -0.1) is 0 Å². The second-order valence-electron chi connectivity index (χ2n) is 27.0. The zero-order valence-electron chi connectivity index (χ0n) is 57.9. The number of nitrogens with one attached hydrogen (secondary N) is 1. The molecule has 504 valence electrons. The Morgan fingerprint density at radius 2 is 0.553 bits per heavy atom. The van der Waals surface area contributed by atoms with E-state index in [9.17, 15) is 19.8 Å². The van der Waals surface area contributed by atoms with Gasteiger partial charge in [-0.3, -0.25) is 9.59 Å². The maximum absolute atomic E-state index is 12.6. The van der Waals surface area contributed by atoms with Crippen LogP contribution in [0, 0.1) is 0 Å². The minimum atomic E-state index is -0.665. The summed E-state index contributed by atoms with van der Waals surface area (Å²) in [6.45, 7) is 4.98. The number of aliphatic hydroxyl groups excluding tert-OH is 2. The van der Waals surface area contributed by atoms with Crippen molar-refractivity contribution in [2.75, 3.05) is 13.2 Å². The van der Waals surface area contributed by atoms with Gasteiger partial charge in [0.2, 0.25) is 5.91 Å². The maximum Gasteiger partial charge on any atom is 0.305 e. The predicted molar refractivity (Wildman–Crippen MR) is 375 cm³/mol. The second-order valence-corrected chi connectivity index (χ2v) is 27.0. The monoisotopic (exact) mass is 1200 g/mol. The van der Waals surface area contributed by atoms with Gasteiger partial charge in [-0.1, -0.05) is 378 Å². The quantitative estimate of drug-likeness (QED) is 0.0320. The maximum atomic E-state index is 12.6. The standard InChI is InChI=1S/C79H153NO5/c1-3-5-7-9-11-13-15-17-18-19-20-21-22-29-32-35-38-41-44-48-51-55-59-63-67-71-77(82)76(75-81)80-78(83)72-68-64-60-56-52-49-45-42-39-36-33-30-27-25-23-24-26-28-31-34-37-40-43-46-50-54-58-62-66-70-74-85-79(84)73-69-65-61-57-53-47-16-14-12-10-8-6-4-2/h14,16,24,26,76-77,81-82H,3-13,15,17-23,25,27-75H2,1-2H3,(H,80,83)/b16-14-,26-24-. The number of ether oxygens (including phenoxy) is 1. The molecule has 0 aromatic rings. The van der Waals surface area contributed by atoms with Crippen LogP contribution in [0.1, 0.15) is 444 Å². The molecule has 0 spiro atoms. The average molecular weight is 1200 g/mol. The molecule has 0 saturated heterocycles. The van der Waals surface area contributed by atoms with Crippen molar-refractivity contribution < 1.29 is 24.5 Å².